The highest BCUT2D eigenvalue weighted by Crippen LogP contribution is 2.27. The molecule has 0 bridgehead atoms. The molecule has 4 aromatic rings. The number of nitrogens with one attached hydrogen (secondary N) is 1. The Labute approximate surface area is 158 Å². The van der Waals surface area contributed by atoms with Crippen molar-refractivity contribution in [1.29, 1.82) is 0 Å². The van der Waals surface area contributed by atoms with Crippen LogP contribution in [0.15, 0.2) is 58.9 Å². The summed E-state index contributed by atoms with van der Waals surface area (Å²) in [6, 6.07) is 8.87. The Morgan fingerprint density at radius 2 is 1.96 bits per heavy atom. The Balaban J connectivity index is 1.69. The molecule has 0 aliphatic carbocycles. The number of aryl methyl sites for hydroxylation is 1. The first-order chi connectivity index (χ1) is 12.8. The maximum atomic E-state index is 13.8. The van der Waals surface area contributed by atoms with Gasteiger partial charge in [0.05, 0.1) is 5.69 Å². The standard InChI is InChI=1S/C18H13F2N3O2S2/c1-11-10-26-18-21-16(9-23(11)18)12-3-2-4-14(7-12)22-27(24,25)17-8-13(19)5-6-15(17)20/h2-10,22H,1H3. The van der Waals surface area contributed by atoms with Crippen molar-refractivity contribution in [1.82, 2.24) is 9.38 Å². The number of benzene rings is 2. The molecule has 0 aliphatic heterocycles. The molecule has 0 aliphatic rings. The van der Waals surface area contributed by atoms with Crippen molar-refractivity contribution in [2.75, 3.05) is 4.72 Å². The number of imidazole rings is 1. The number of hydrogen-bond acceptors (Lipinski definition) is 4. The number of nitrogens with zero attached hydrogens (tertiary/aromatic N) is 2. The van der Waals surface area contributed by atoms with E-state index in [4.69, 9.17) is 0 Å². The van der Waals surface area contributed by atoms with Crippen molar-refractivity contribution in [3.8, 4) is 11.3 Å². The Morgan fingerprint density at radius 3 is 2.74 bits per heavy atom. The van der Waals surface area contributed by atoms with Gasteiger partial charge in [0, 0.05) is 28.5 Å². The quantitative estimate of drug-likeness (QED) is 0.546. The van der Waals surface area contributed by atoms with Gasteiger partial charge in [-0.3, -0.25) is 9.12 Å². The van der Waals surface area contributed by atoms with Gasteiger partial charge in [-0.1, -0.05) is 12.1 Å². The smallest absolute Gasteiger partial charge is 0.264 e. The van der Waals surface area contributed by atoms with Crippen LogP contribution in [0.25, 0.3) is 16.2 Å². The number of sulfonamides is 1. The van der Waals surface area contributed by atoms with E-state index in [0.29, 0.717) is 17.3 Å². The van der Waals surface area contributed by atoms with E-state index in [1.54, 1.807) is 18.2 Å². The van der Waals surface area contributed by atoms with Gasteiger partial charge < -0.3 is 0 Å². The van der Waals surface area contributed by atoms with Crippen LogP contribution < -0.4 is 4.72 Å². The van der Waals surface area contributed by atoms with E-state index in [0.717, 1.165) is 22.8 Å². The molecule has 0 unspecified atom stereocenters. The largest absolute Gasteiger partial charge is 0.294 e. The molecule has 0 radical (unpaired) electrons. The molecule has 0 fully saturated rings. The van der Waals surface area contributed by atoms with Gasteiger partial charge in [0.1, 0.15) is 16.5 Å². The highest BCUT2D eigenvalue weighted by Gasteiger charge is 2.20. The molecule has 5 nitrogen and oxygen atoms in total. The minimum atomic E-state index is -4.27. The monoisotopic (exact) mass is 405 g/mol. The third kappa shape index (κ3) is 3.31. The number of fused-ring (bicyclic) bond motifs is 1. The van der Waals surface area contributed by atoms with Crippen molar-refractivity contribution in [3.63, 3.8) is 0 Å². The second-order valence-electron chi connectivity index (χ2n) is 5.92. The van der Waals surface area contributed by atoms with Crippen LogP contribution >= 0.6 is 11.3 Å². The van der Waals surface area contributed by atoms with Crippen LogP contribution in [-0.2, 0) is 10.0 Å². The maximum Gasteiger partial charge on any atom is 0.264 e. The van der Waals surface area contributed by atoms with Gasteiger partial charge in [0.15, 0.2) is 4.96 Å². The highest BCUT2D eigenvalue weighted by molar-refractivity contribution is 7.92. The lowest BCUT2D eigenvalue weighted by atomic mass is 10.1. The lowest BCUT2D eigenvalue weighted by Gasteiger charge is -2.10. The molecule has 4 rings (SSSR count). The summed E-state index contributed by atoms with van der Waals surface area (Å²) in [5.41, 5.74) is 2.66. The van der Waals surface area contributed by atoms with E-state index in [2.05, 4.69) is 9.71 Å². The minimum Gasteiger partial charge on any atom is -0.294 e. The number of aromatic nitrogens is 2. The van der Waals surface area contributed by atoms with Crippen molar-refractivity contribution < 1.29 is 17.2 Å². The van der Waals surface area contributed by atoms with E-state index in [1.807, 2.05) is 22.9 Å². The van der Waals surface area contributed by atoms with Crippen LogP contribution in [0, 0.1) is 18.6 Å². The first-order valence-corrected chi connectivity index (χ1v) is 10.2. The van der Waals surface area contributed by atoms with Gasteiger partial charge >= 0.3 is 0 Å². The van der Waals surface area contributed by atoms with Gasteiger partial charge in [-0.2, -0.15) is 0 Å². The zero-order valence-corrected chi connectivity index (χ0v) is 15.6. The van der Waals surface area contributed by atoms with E-state index >= 15 is 0 Å². The lowest BCUT2D eigenvalue weighted by Crippen LogP contribution is -2.15. The molecule has 27 heavy (non-hydrogen) atoms. The Hall–Kier alpha value is -2.78. The average Bonchev–Trinajstić information content (AvgIpc) is 3.19. The lowest BCUT2D eigenvalue weighted by molar-refractivity contribution is 0.555. The summed E-state index contributed by atoms with van der Waals surface area (Å²) in [5, 5.41) is 1.99. The predicted octanol–water partition coefficient (Wildman–Crippen LogP) is 4.45. The summed E-state index contributed by atoms with van der Waals surface area (Å²) >= 11 is 1.51. The van der Waals surface area contributed by atoms with E-state index in [1.165, 1.54) is 17.4 Å². The van der Waals surface area contributed by atoms with Crippen molar-refractivity contribution in [2.24, 2.45) is 0 Å². The number of halogens is 2. The second kappa shape index (κ2) is 6.43. The minimum absolute atomic E-state index is 0.226. The van der Waals surface area contributed by atoms with Crippen molar-refractivity contribution >= 4 is 32.0 Å². The summed E-state index contributed by atoms with van der Waals surface area (Å²) in [6.07, 6.45) is 1.86. The molecule has 1 N–H and O–H groups in total. The molecular weight excluding hydrogens is 392 g/mol. The topological polar surface area (TPSA) is 63.5 Å². The van der Waals surface area contributed by atoms with Gasteiger partial charge in [0.25, 0.3) is 10.0 Å². The normalized spacial score (nSPS) is 11.8. The van der Waals surface area contributed by atoms with Gasteiger partial charge in [-0.05, 0) is 37.3 Å². The number of hydrogen-bond donors (Lipinski definition) is 1. The molecule has 2 aromatic heterocycles. The maximum absolute atomic E-state index is 13.8. The third-order valence-corrected chi connectivity index (χ3v) is 6.34. The van der Waals surface area contributed by atoms with Crippen molar-refractivity contribution in [2.45, 2.75) is 11.8 Å². The van der Waals surface area contributed by atoms with Crippen LogP contribution in [-0.4, -0.2) is 17.8 Å². The Morgan fingerprint density at radius 1 is 1.15 bits per heavy atom. The van der Waals surface area contributed by atoms with Crippen LogP contribution in [0.5, 0.6) is 0 Å². The molecule has 0 amide bonds. The fourth-order valence-electron chi connectivity index (χ4n) is 2.67. The molecular formula is C18H13F2N3O2S2. The first-order valence-electron chi connectivity index (χ1n) is 7.85. The molecule has 138 valence electrons. The summed E-state index contributed by atoms with van der Waals surface area (Å²) in [4.78, 5) is 4.60. The summed E-state index contributed by atoms with van der Waals surface area (Å²) in [7, 11) is -4.27. The summed E-state index contributed by atoms with van der Waals surface area (Å²) in [5.74, 6) is -1.86. The Kier molecular flexibility index (Phi) is 4.20. The van der Waals surface area contributed by atoms with E-state index < -0.39 is 26.6 Å². The van der Waals surface area contributed by atoms with E-state index in [-0.39, 0.29) is 5.69 Å². The fourth-order valence-corrected chi connectivity index (χ4v) is 4.66. The number of rotatable bonds is 4. The molecule has 9 heteroatoms. The van der Waals surface area contributed by atoms with E-state index in [9.17, 15) is 17.2 Å². The highest BCUT2D eigenvalue weighted by atomic mass is 32.2. The van der Waals surface area contributed by atoms with Gasteiger partial charge in [0.2, 0.25) is 0 Å². The zero-order chi connectivity index (χ0) is 19.2. The van der Waals surface area contributed by atoms with Crippen LogP contribution in [0.1, 0.15) is 5.69 Å². The summed E-state index contributed by atoms with van der Waals surface area (Å²) < 4.78 is 56.3. The van der Waals surface area contributed by atoms with Gasteiger partial charge in [-0.15, -0.1) is 11.3 Å². The second-order valence-corrected chi connectivity index (χ2v) is 8.40. The first kappa shape index (κ1) is 17.6. The van der Waals surface area contributed by atoms with Crippen molar-refractivity contribution in [3.05, 3.63) is 71.4 Å². The molecule has 0 saturated carbocycles. The molecule has 2 heterocycles. The van der Waals surface area contributed by atoms with Crippen LogP contribution in [0.2, 0.25) is 0 Å². The molecule has 0 atom stereocenters. The zero-order valence-electron chi connectivity index (χ0n) is 14.0. The average molecular weight is 405 g/mol. The SMILES string of the molecule is Cc1csc2nc(-c3cccc(NS(=O)(=O)c4cc(F)ccc4F)c3)cn12. The molecule has 0 spiro atoms. The van der Waals surface area contributed by atoms with Crippen LogP contribution in [0.3, 0.4) is 0 Å². The fraction of sp³-hybridized carbons (Fsp3) is 0.0556. The summed E-state index contributed by atoms with van der Waals surface area (Å²) in [6.45, 7) is 1.97. The predicted molar refractivity (Wildman–Crippen MR) is 100 cm³/mol. The molecule has 0 saturated heterocycles. The Bertz CT molecular complexity index is 1260. The third-order valence-electron chi connectivity index (χ3n) is 3.98. The number of thiazole rings is 1. The van der Waals surface area contributed by atoms with Gasteiger partial charge in [-0.25, -0.2) is 22.2 Å². The number of anilines is 1. The molecule has 2 aromatic carbocycles. The van der Waals surface area contributed by atoms with Crippen LogP contribution in [0.4, 0.5) is 14.5 Å².